The molecule has 168 valence electrons. The van der Waals surface area contributed by atoms with Gasteiger partial charge in [-0.25, -0.2) is 9.18 Å². The summed E-state index contributed by atoms with van der Waals surface area (Å²) in [6.07, 6.45) is 9.59. The van der Waals surface area contributed by atoms with Crippen molar-refractivity contribution < 1.29 is 18.8 Å². The van der Waals surface area contributed by atoms with Gasteiger partial charge in [0.05, 0.1) is 0 Å². The second-order valence-corrected chi connectivity index (χ2v) is 10.4. The Kier molecular flexibility index (Phi) is 4.52. The molecule has 0 spiro atoms. The number of aromatic amines is 1. The number of amides is 1. The van der Waals surface area contributed by atoms with E-state index in [9.17, 15) is 14.3 Å². The van der Waals surface area contributed by atoms with Crippen LogP contribution in [0.3, 0.4) is 0 Å². The Labute approximate surface area is 184 Å². The quantitative estimate of drug-likeness (QED) is 0.502. The number of halogens is 1. The van der Waals surface area contributed by atoms with Crippen LogP contribution in [0, 0.1) is 29.0 Å². The van der Waals surface area contributed by atoms with Gasteiger partial charge in [0, 0.05) is 29.9 Å². The van der Waals surface area contributed by atoms with Gasteiger partial charge in [-0.15, -0.1) is 0 Å². The summed E-state index contributed by atoms with van der Waals surface area (Å²) in [7, 11) is 0. The number of nitrogens with zero attached hydrogens (tertiary/aromatic N) is 2. The van der Waals surface area contributed by atoms with E-state index in [1.165, 1.54) is 50.7 Å². The molecule has 0 saturated heterocycles. The normalized spacial score (nSPS) is 29.5. The smallest absolute Gasteiger partial charge is 0.405 e. The van der Waals surface area contributed by atoms with Gasteiger partial charge < -0.3 is 19.9 Å². The Bertz CT molecular complexity index is 1130. The monoisotopic (exact) mass is 438 g/mol. The van der Waals surface area contributed by atoms with E-state index in [-0.39, 0.29) is 23.5 Å². The molecule has 0 unspecified atom stereocenters. The molecule has 0 aliphatic heterocycles. The number of nitrogens with one attached hydrogen (secondary N) is 2. The van der Waals surface area contributed by atoms with Crippen LogP contribution in [0.4, 0.5) is 9.18 Å². The summed E-state index contributed by atoms with van der Waals surface area (Å²) < 4.78 is 19.3. The number of carbonyl (C=O) groups is 1. The minimum atomic E-state index is -1.16. The maximum Gasteiger partial charge on any atom is 0.405 e. The number of rotatable bonds is 6. The number of fused-ring (bicyclic) bond motifs is 1. The van der Waals surface area contributed by atoms with Gasteiger partial charge in [0.1, 0.15) is 11.9 Å². The lowest BCUT2D eigenvalue weighted by molar-refractivity contribution is -0.0533. The SMILES string of the molecule is O=C(O)N[C@@H](Cc1c[nH]c2ccc(F)cc12)c1nc(CC23CC4CC(CC(C4)C2)C3)no1. The van der Waals surface area contributed by atoms with Gasteiger partial charge in [0.25, 0.3) is 0 Å². The van der Waals surface area contributed by atoms with Gasteiger partial charge in [-0.3, -0.25) is 0 Å². The molecular formula is C24H27FN4O3. The minimum absolute atomic E-state index is 0.262. The highest BCUT2D eigenvalue weighted by molar-refractivity contribution is 5.83. The first-order valence-electron chi connectivity index (χ1n) is 11.5. The number of benzene rings is 1. The molecule has 7 nitrogen and oxygen atoms in total. The molecule has 1 atom stereocenters. The maximum absolute atomic E-state index is 13.8. The first-order valence-corrected chi connectivity index (χ1v) is 11.5. The maximum atomic E-state index is 13.8. The molecule has 4 bridgehead atoms. The summed E-state index contributed by atoms with van der Waals surface area (Å²) in [5.74, 6) is 3.13. The van der Waals surface area contributed by atoms with Gasteiger partial charge in [0.2, 0.25) is 5.89 Å². The third-order valence-electron chi connectivity index (χ3n) is 7.93. The fourth-order valence-electron chi connectivity index (χ4n) is 7.21. The Morgan fingerprint density at radius 2 is 1.97 bits per heavy atom. The molecule has 0 radical (unpaired) electrons. The van der Waals surface area contributed by atoms with Crippen molar-refractivity contribution in [2.45, 2.75) is 57.4 Å². The average molecular weight is 439 g/mol. The Morgan fingerprint density at radius 1 is 1.25 bits per heavy atom. The fraction of sp³-hybridized carbons (Fsp3) is 0.542. The van der Waals surface area contributed by atoms with Crippen molar-refractivity contribution in [3.63, 3.8) is 0 Å². The van der Waals surface area contributed by atoms with Crippen molar-refractivity contribution in [3.8, 4) is 0 Å². The lowest BCUT2D eigenvalue weighted by atomic mass is 9.49. The van der Waals surface area contributed by atoms with Gasteiger partial charge in [-0.1, -0.05) is 5.16 Å². The van der Waals surface area contributed by atoms with Crippen LogP contribution >= 0.6 is 0 Å². The van der Waals surface area contributed by atoms with Crippen molar-refractivity contribution in [1.82, 2.24) is 20.4 Å². The molecule has 7 rings (SSSR count). The molecule has 1 amide bonds. The van der Waals surface area contributed by atoms with E-state index < -0.39 is 12.1 Å². The summed E-state index contributed by atoms with van der Waals surface area (Å²) in [4.78, 5) is 19.2. The predicted molar refractivity (Wildman–Crippen MR) is 114 cm³/mol. The molecule has 4 aliphatic carbocycles. The summed E-state index contributed by atoms with van der Waals surface area (Å²) in [6.45, 7) is 0. The van der Waals surface area contributed by atoms with Crippen molar-refractivity contribution in [3.05, 3.63) is 47.5 Å². The molecule has 2 aromatic heterocycles. The van der Waals surface area contributed by atoms with Gasteiger partial charge in [0.15, 0.2) is 5.82 Å². The summed E-state index contributed by atoms with van der Waals surface area (Å²) in [6, 6.07) is 3.81. The molecular weight excluding hydrogens is 411 g/mol. The molecule has 3 aromatic rings. The zero-order chi connectivity index (χ0) is 21.9. The van der Waals surface area contributed by atoms with E-state index in [4.69, 9.17) is 4.52 Å². The van der Waals surface area contributed by atoms with Gasteiger partial charge >= 0.3 is 6.09 Å². The van der Waals surface area contributed by atoms with E-state index in [1.807, 2.05) is 0 Å². The standard InChI is InChI=1S/C24H27FN4O3/c25-17-1-2-19-18(7-17)16(12-26-19)6-20(27-23(30)31)22-28-21(29-32-22)11-24-8-13-3-14(9-24)5-15(4-13)10-24/h1-2,7,12-15,20,26-27H,3-6,8-11H2,(H,30,31)/t13?,14?,15?,20-,24?/m0/s1. The zero-order valence-electron chi connectivity index (χ0n) is 17.8. The van der Waals surface area contributed by atoms with Crippen molar-refractivity contribution in [2.75, 3.05) is 0 Å². The third kappa shape index (κ3) is 3.55. The second kappa shape index (κ2) is 7.32. The van der Waals surface area contributed by atoms with Crippen LogP contribution < -0.4 is 5.32 Å². The topological polar surface area (TPSA) is 104 Å². The number of aromatic nitrogens is 3. The number of carboxylic acid groups (broad SMARTS) is 1. The Hall–Kier alpha value is -2.90. The molecule has 1 aromatic carbocycles. The van der Waals surface area contributed by atoms with Crippen LogP contribution in [0.5, 0.6) is 0 Å². The van der Waals surface area contributed by atoms with Crippen LogP contribution in [0.2, 0.25) is 0 Å². The van der Waals surface area contributed by atoms with Crippen LogP contribution in [0.15, 0.2) is 28.9 Å². The minimum Gasteiger partial charge on any atom is -0.465 e. The highest BCUT2D eigenvalue weighted by Crippen LogP contribution is 2.60. The lowest BCUT2D eigenvalue weighted by Crippen LogP contribution is -2.47. The molecule has 4 saturated carbocycles. The lowest BCUT2D eigenvalue weighted by Gasteiger charge is -2.56. The average Bonchev–Trinajstić information content (AvgIpc) is 3.33. The highest BCUT2D eigenvalue weighted by Gasteiger charge is 2.51. The molecule has 32 heavy (non-hydrogen) atoms. The molecule has 4 fully saturated rings. The summed E-state index contributed by atoms with van der Waals surface area (Å²) >= 11 is 0. The van der Waals surface area contributed by atoms with Gasteiger partial charge in [-0.05, 0) is 85.5 Å². The number of hydrogen-bond donors (Lipinski definition) is 3. The van der Waals surface area contributed by atoms with Crippen molar-refractivity contribution >= 4 is 17.0 Å². The van der Waals surface area contributed by atoms with Gasteiger partial charge in [-0.2, -0.15) is 4.98 Å². The largest absolute Gasteiger partial charge is 0.465 e. The van der Waals surface area contributed by atoms with Crippen LogP contribution in [-0.2, 0) is 12.8 Å². The Morgan fingerprint density at radius 3 is 2.66 bits per heavy atom. The number of hydrogen-bond acceptors (Lipinski definition) is 4. The fourth-order valence-corrected chi connectivity index (χ4v) is 7.21. The molecule has 3 N–H and O–H groups in total. The van der Waals surface area contributed by atoms with Crippen molar-refractivity contribution in [2.24, 2.45) is 23.2 Å². The van der Waals surface area contributed by atoms with E-state index in [1.54, 1.807) is 12.3 Å². The summed E-state index contributed by atoms with van der Waals surface area (Å²) in [5.41, 5.74) is 1.86. The number of H-pyrrole nitrogens is 1. The zero-order valence-corrected chi connectivity index (χ0v) is 17.8. The van der Waals surface area contributed by atoms with Crippen LogP contribution in [0.25, 0.3) is 10.9 Å². The Balaban J connectivity index is 1.24. The molecule has 8 heteroatoms. The van der Waals surface area contributed by atoms with E-state index in [0.29, 0.717) is 5.82 Å². The van der Waals surface area contributed by atoms with E-state index >= 15 is 0 Å². The van der Waals surface area contributed by atoms with Crippen molar-refractivity contribution in [1.29, 1.82) is 0 Å². The molecule has 2 heterocycles. The first kappa shape index (κ1) is 19.8. The highest BCUT2D eigenvalue weighted by atomic mass is 19.1. The predicted octanol–water partition coefficient (Wildman–Crippen LogP) is 5.00. The van der Waals surface area contributed by atoms with Crippen LogP contribution in [0.1, 0.15) is 61.8 Å². The van der Waals surface area contributed by atoms with E-state index in [2.05, 4.69) is 20.4 Å². The van der Waals surface area contributed by atoms with E-state index in [0.717, 1.165) is 40.6 Å². The first-order chi connectivity index (χ1) is 15.4. The second-order valence-electron chi connectivity index (χ2n) is 10.4. The summed E-state index contributed by atoms with van der Waals surface area (Å²) in [5, 5.41) is 16.8. The van der Waals surface area contributed by atoms with Crippen LogP contribution in [-0.4, -0.2) is 26.3 Å². The molecule has 4 aliphatic rings. The third-order valence-corrected chi connectivity index (χ3v) is 7.93.